The molecule has 0 bridgehead atoms. The molecule has 0 unspecified atom stereocenters. The van der Waals surface area contributed by atoms with Crippen molar-refractivity contribution in [2.24, 2.45) is 5.41 Å². The maximum Gasteiger partial charge on any atom is 0.0710 e. The van der Waals surface area contributed by atoms with Crippen LogP contribution in [0.15, 0.2) is 30.7 Å². The molecular weight excluding hydrogens is 276 g/mol. The van der Waals surface area contributed by atoms with E-state index in [0.717, 1.165) is 50.2 Å². The second-order valence-electron chi connectivity index (χ2n) is 6.30. The maximum absolute atomic E-state index is 9.64. The third kappa shape index (κ3) is 3.05. The second-order valence-corrected chi connectivity index (χ2v) is 6.30. The molecule has 0 spiro atoms. The molecule has 0 amide bonds. The van der Waals surface area contributed by atoms with Gasteiger partial charge in [0.05, 0.1) is 11.9 Å². The summed E-state index contributed by atoms with van der Waals surface area (Å²) >= 11 is 0. The molecule has 0 aromatic carbocycles. The number of H-pyrrole nitrogens is 1. The quantitative estimate of drug-likeness (QED) is 0.890. The predicted octanol–water partition coefficient (Wildman–Crippen LogP) is 2.46. The number of aliphatic hydroxyl groups is 1. The van der Waals surface area contributed by atoms with Crippen molar-refractivity contribution in [1.29, 1.82) is 0 Å². The van der Waals surface area contributed by atoms with Crippen molar-refractivity contribution in [1.82, 2.24) is 20.1 Å². The van der Waals surface area contributed by atoms with Crippen LogP contribution in [0.1, 0.15) is 31.7 Å². The molecule has 1 fully saturated rings. The van der Waals surface area contributed by atoms with E-state index in [1.54, 1.807) is 6.20 Å². The minimum absolute atomic E-state index is 0.138. The summed E-state index contributed by atoms with van der Waals surface area (Å²) in [6, 6.07) is 3.99. The zero-order valence-electron chi connectivity index (χ0n) is 13.1. The van der Waals surface area contributed by atoms with E-state index < -0.39 is 0 Å². The van der Waals surface area contributed by atoms with Crippen molar-refractivity contribution in [2.45, 2.75) is 32.7 Å². The van der Waals surface area contributed by atoms with E-state index in [2.05, 4.69) is 27.0 Å². The summed E-state index contributed by atoms with van der Waals surface area (Å²) in [6.45, 7) is 5.45. The molecule has 0 radical (unpaired) electrons. The second kappa shape index (κ2) is 6.58. The van der Waals surface area contributed by atoms with Gasteiger partial charge in [-0.1, -0.05) is 6.92 Å². The van der Waals surface area contributed by atoms with Crippen molar-refractivity contribution in [3.63, 3.8) is 0 Å². The Morgan fingerprint density at radius 1 is 1.32 bits per heavy atom. The van der Waals surface area contributed by atoms with Gasteiger partial charge in [-0.2, -0.15) is 5.10 Å². The van der Waals surface area contributed by atoms with Gasteiger partial charge in [0, 0.05) is 36.7 Å². The van der Waals surface area contributed by atoms with Crippen LogP contribution in [0.4, 0.5) is 0 Å². The monoisotopic (exact) mass is 300 g/mol. The van der Waals surface area contributed by atoms with Crippen molar-refractivity contribution in [3.05, 3.63) is 36.3 Å². The van der Waals surface area contributed by atoms with Gasteiger partial charge >= 0.3 is 0 Å². The highest BCUT2D eigenvalue weighted by Crippen LogP contribution is 2.35. The zero-order chi connectivity index (χ0) is 15.4. The Labute approximate surface area is 131 Å². The number of piperidine rings is 1. The number of aromatic nitrogens is 3. The highest BCUT2D eigenvalue weighted by atomic mass is 16.3. The van der Waals surface area contributed by atoms with Crippen LogP contribution in [0.3, 0.4) is 0 Å². The number of rotatable bonds is 5. The molecule has 3 rings (SSSR count). The van der Waals surface area contributed by atoms with E-state index >= 15 is 0 Å². The van der Waals surface area contributed by atoms with Crippen LogP contribution >= 0.6 is 0 Å². The fourth-order valence-electron chi connectivity index (χ4n) is 3.24. The van der Waals surface area contributed by atoms with Gasteiger partial charge in [0.25, 0.3) is 0 Å². The summed E-state index contributed by atoms with van der Waals surface area (Å²) < 4.78 is 0. The molecule has 5 nitrogen and oxygen atoms in total. The van der Waals surface area contributed by atoms with Gasteiger partial charge in [0.1, 0.15) is 0 Å². The molecule has 5 heteroatoms. The number of nitrogens with zero attached hydrogens (tertiary/aromatic N) is 3. The highest BCUT2D eigenvalue weighted by Gasteiger charge is 2.32. The highest BCUT2D eigenvalue weighted by molar-refractivity contribution is 5.61. The molecule has 1 saturated heterocycles. The van der Waals surface area contributed by atoms with Crippen LogP contribution in [-0.4, -0.2) is 44.9 Å². The Kier molecular flexibility index (Phi) is 4.55. The van der Waals surface area contributed by atoms with Crippen molar-refractivity contribution in [3.8, 4) is 11.3 Å². The summed E-state index contributed by atoms with van der Waals surface area (Å²) in [5, 5.41) is 16.9. The molecule has 0 saturated carbocycles. The van der Waals surface area contributed by atoms with Gasteiger partial charge < -0.3 is 5.11 Å². The van der Waals surface area contributed by atoms with E-state index in [-0.39, 0.29) is 5.41 Å². The molecule has 0 atom stereocenters. The molecule has 1 aliphatic heterocycles. The number of likely N-dealkylation sites (tertiary alicyclic amines) is 1. The zero-order valence-corrected chi connectivity index (χ0v) is 13.1. The average Bonchev–Trinajstić information content (AvgIpc) is 3.05. The van der Waals surface area contributed by atoms with Gasteiger partial charge in [-0.05, 0) is 49.9 Å². The lowest BCUT2D eigenvalue weighted by Crippen LogP contribution is -2.41. The summed E-state index contributed by atoms with van der Waals surface area (Å²) in [5.74, 6) is 0. The summed E-state index contributed by atoms with van der Waals surface area (Å²) in [4.78, 5) is 6.63. The van der Waals surface area contributed by atoms with Gasteiger partial charge in [0.2, 0.25) is 0 Å². The number of aromatic amines is 1. The number of aliphatic hydroxyl groups excluding tert-OH is 1. The first-order valence-electron chi connectivity index (χ1n) is 8.02. The number of hydrogen-bond acceptors (Lipinski definition) is 4. The lowest BCUT2D eigenvalue weighted by atomic mass is 9.77. The van der Waals surface area contributed by atoms with E-state index in [0.29, 0.717) is 6.61 Å². The van der Waals surface area contributed by atoms with E-state index in [1.807, 2.05) is 24.5 Å². The first-order valence-corrected chi connectivity index (χ1v) is 8.02. The Morgan fingerprint density at radius 3 is 2.77 bits per heavy atom. The molecule has 2 aromatic heterocycles. The standard InChI is InChI=1S/C17H24N4O/c1-2-17(13-22)5-8-21(9-6-17)12-15-11-19-20-16(15)14-4-3-7-18-10-14/h3-4,7,10-11,22H,2,5-6,8-9,12-13H2,1H3,(H,19,20). The van der Waals surface area contributed by atoms with Gasteiger partial charge in [-0.25, -0.2) is 0 Å². The lowest BCUT2D eigenvalue weighted by Gasteiger charge is -2.40. The van der Waals surface area contributed by atoms with Crippen molar-refractivity contribution >= 4 is 0 Å². The number of nitrogens with one attached hydrogen (secondary N) is 1. The van der Waals surface area contributed by atoms with Crippen LogP contribution in [0.2, 0.25) is 0 Å². The smallest absolute Gasteiger partial charge is 0.0710 e. The van der Waals surface area contributed by atoms with Gasteiger partial charge in [0.15, 0.2) is 0 Å². The van der Waals surface area contributed by atoms with Crippen LogP contribution in [0.25, 0.3) is 11.3 Å². The third-order valence-electron chi connectivity index (χ3n) is 5.06. The predicted molar refractivity (Wildman–Crippen MR) is 86.1 cm³/mol. The largest absolute Gasteiger partial charge is 0.396 e. The molecule has 2 aromatic rings. The molecule has 0 aliphatic carbocycles. The fraction of sp³-hybridized carbons (Fsp3) is 0.529. The molecule has 2 N–H and O–H groups in total. The van der Waals surface area contributed by atoms with E-state index in [1.165, 1.54) is 5.56 Å². The Bertz CT molecular complexity index is 582. The SMILES string of the molecule is CCC1(CO)CCN(Cc2cn[nH]c2-c2cccnc2)CC1. The average molecular weight is 300 g/mol. The molecule has 118 valence electrons. The molecular formula is C17H24N4O. The number of hydrogen-bond donors (Lipinski definition) is 2. The summed E-state index contributed by atoms with van der Waals surface area (Å²) in [6.07, 6.45) is 8.75. The fourth-order valence-corrected chi connectivity index (χ4v) is 3.24. The normalized spacial score (nSPS) is 18.5. The van der Waals surface area contributed by atoms with Crippen molar-refractivity contribution < 1.29 is 5.11 Å². The topological polar surface area (TPSA) is 65.0 Å². The Hall–Kier alpha value is -1.72. The van der Waals surface area contributed by atoms with Gasteiger partial charge in [-0.3, -0.25) is 15.0 Å². The van der Waals surface area contributed by atoms with Gasteiger partial charge in [-0.15, -0.1) is 0 Å². The Morgan fingerprint density at radius 2 is 2.14 bits per heavy atom. The number of pyridine rings is 1. The summed E-state index contributed by atoms with van der Waals surface area (Å²) in [7, 11) is 0. The van der Waals surface area contributed by atoms with Crippen LogP contribution < -0.4 is 0 Å². The van der Waals surface area contributed by atoms with Crippen molar-refractivity contribution in [2.75, 3.05) is 19.7 Å². The van der Waals surface area contributed by atoms with E-state index in [4.69, 9.17) is 0 Å². The third-order valence-corrected chi connectivity index (χ3v) is 5.06. The summed E-state index contributed by atoms with van der Waals surface area (Å²) in [5.41, 5.74) is 3.48. The molecule has 22 heavy (non-hydrogen) atoms. The van der Waals surface area contributed by atoms with Crippen LogP contribution in [-0.2, 0) is 6.54 Å². The first-order chi connectivity index (χ1) is 10.8. The van der Waals surface area contributed by atoms with Crippen LogP contribution in [0, 0.1) is 5.41 Å². The maximum atomic E-state index is 9.64. The first kappa shape index (κ1) is 15.2. The van der Waals surface area contributed by atoms with E-state index in [9.17, 15) is 5.11 Å². The van der Waals surface area contributed by atoms with Crippen LogP contribution in [0.5, 0.6) is 0 Å². The molecule has 1 aliphatic rings. The minimum atomic E-state index is 0.138. The lowest BCUT2D eigenvalue weighted by molar-refractivity contribution is 0.0383. The minimum Gasteiger partial charge on any atom is -0.396 e. The Balaban J connectivity index is 1.67. The molecule has 3 heterocycles.